The molecule has 18 heavy (non-hydrogen) atoms. The van der Waals surface area contributed by atoms with Crippen molar-refractivity contribution in [3.63, 3.8) is 0 Å². The van der Waals surface area contributed by atoms with Crippen LogP contribution in [0.1, 0.15) is 26.7 Å². The standard InChI is InChI=1S/C11H16N2O4S/c1-7(2)16-11-10(17-8-3-4-8)9(5-6-13-11)18(12,14)15/h5-8H,3-4H2,1-2H3,(H2,12,14,15). The Kier molecular flexibility index (Phi) is 3.45. The van der Waals surface area contributed by atoms with E-state index in [1.807, 2.05) is 13.8 Å². The lowest BCUT2D eigenvalue weighted by Gasteiger charge is -2.15. The predicted octanol–water partition coefficient (Wildman–Crippen LogP) is 1.06. The average Bonchev–Trinajstić information content (AvgIpc) is 3.02. The van der Waals surface area contributed by atoms with Crippen LogP contribution in [0.2, 0.25) is 0 Å². The van der Waals surface area contributed by atoms with E-state index in [1.54, 1.807) is 0 Å². The summed E-state index contributed by atoms with van der Waals surface area (Å²) in [6, 6.07) is 1.32. The van der Waals surface area contributed by atoms with Crippen molar-refractivity contribution in [3.8, 4) is 11.6 Å². The first-order valence-corrected chi connectivity index (χ1v) is 7.27. The van der Waals surface area contributed by atoms with Gasteiger partial charge in [0.1, 0.15) is 4.90 Å². The van der Waals surface area contributed by atoms with E-state index in [0.29, 0.717) is 0 Å². The minimum atomic E-state index is -3.85. The Hall–Kier alpha value is -1.34. The largest absolute Gasteiger partial charge is 0.484 e. The molecule has 0 aliphatic heterocycles. The van der Waals surface area contributed by atoms with Crippen molar-refractivity contribution >= 4 is 10.0 Å². The maximum absolute atomic E-state index is 11.5. The molecule has 0 aromatic carbocycles. The molecule has 2 rings (SSSR count). The summed E-state index contributed by atoms with van der Waals surface area (Å²) in [6.45, 7) is 3.65. The van der Waals surface area contributed by atoms with Crippen molar-refractivity contribution in [2.75, 3.05) is 0 Å². The Morgan fingerprint density at radius 3 is 2.61 bits per heavy atom. The van der Waals surface area contributed by atoms with Crippen molar-refractivity contribution in [2.45, 2.75) is 43.8 Å². The molecular formula is C11H16N2O4S. The summed E-state index contributed by atoms with van der Waals surface area (Å²) >= 11 is 0. The van der Waals surface area contributed by atoms with E-state index in [0.717, 1.165) is 12.8 Å². The first kappa shape index (κ1) is 13.1. The SMILES string of the molecule is CC(C)Oc1nccc(S(N)(=O)=O)c1OC1CC1. The van der Waals surface area contributed by atoms with Crippen molar-refractivity contribution in [2.24, 2.45) is 5.14 Å². The van der Waals surface area contributed by atoms with Crippen LogP contribution in [0.4, 0.5) is 0 Å². The van der Waals surface area contributed by atoms with Crippen LogP contribution in [0.3, 0.4) is 0 Å². The maximum atomic E-state index is 11.5. The van der Waals surface area contributed by atoms with Gasteiger partial charge in [-0.1, -0.05) is 0 Å². The number of hydrogen-bond donors (Lipinski definition) is 1. The van der Waals surface area contributed by atoms with E-state index in [2.05, 4.69) is 4.98 Å². The van der Waals surface area contributed by atoms with Crippen molar-refractivity contribution in [3.05, 3.63) is 12.3 Å². The molecule has 0 amide bonds. The molecule has 0 bridgehead atoms. The first-order valence-electron chi connectivity index (χ1n) is 5.73. The molecule has 1 aromatic rings. The zero-order chi connectivity index (χ0) is 13.3. The van der Waals surface area contributed by atoms with Crippen LogP contribution in [-0.2, 0) is 10.0 Å². The van der Waals surface area contributed by atoms with Gasteiger partial charge in [-0.3, -0.25) is 0 Å². The molecule has 0 radical (unpaired) electrons. The third-order valence-electron chi connectivity index (χ3n) is 2.30. The Bertz CT molecular complexity index is 538. The van der Waals surface area contributed by atoms with Gasteiger partial charge in [0, 0.05) is 6.20 Å². The van der Waals surface area contributed by atoms with E-state index < -0.39 is 10.0 Å². The van der Waals surface area contributed by atoms with Crippen LogP contribution < -0.4 is 14.6 Å². The molecule has 1 fully saturated rings. The fraction of sp³-hybridized carbons (Fsp3) is 0.545. The van der Waals surface area contributed by atoms with Gasteiger partial charge >= 0.3 is 0 Å². The molecule has 0 atom stereocenters. The minimum Gasteiger partial charge on any atom is -0.484 e. The van der Waals surface area contributed by atoms with Crippen LogP contribution in [0.15, 0.2) is 17.2 Å². The van der Waals surface area contributed by atoms with Crippen LogP contribution >= 0.6 is 0 Å². The van der Waals surface area contributed by atoms with Crippen molar-refractivity contribution in [1.29, 1.82) is 0 Å². The number of nitrogens with zero attached hydrogens (tertiary/aromatic N) is 1. The lowest BCUT2D eigenvalue weighted by atomic mass is 10.4. The summed E-state index contributed by atoms with van der Waals surface area (Å²) in [4.78, 5) is 3.92. The highest BCUT2D eigenvalue weighted by Gasteiger charge is 2.29. The number of aromatic nitrogens is 1. The molecule has 2 N–H and O–H groups in total. The van der Waals surface area contributed by atoms with Crippen LogP contribution in [0, 0.1) is 0 Å². The van der Waals surface area contributed by atoms with Gasteiger partial charge in [0.25, 0.3) is 5.88 Å². The normalized spacial score (nSPS) is 15.8. The van der Waals surface area contributed by atoms with E-state index in [1.165, 1.54) is 12.3 Å². The third-order valence-corrected chi connectivity index (χ3v) is 3.23. The maximum Gasteiger partial charge on any atom is 0.258 e. The van der Waals surface area contributed by atoms with Crippen LogP contribution in [-0.4, -0.2) is 25.6 Å². The molecule has 1 aliphatic carbocycles. The molecule has 7 heteroatoms. The molecular weight excluding hydrogens is 256 g/mol. The van der Waals surface area contributed by atoms with Crippen molar-refractivity contribution in [1.82, 2.24) is 4.98 Å². The number of hydrogen-bond acceptors (Lipinski definition) is 5. The first-order chi connectivity index (χ1) is 8.38. The van der Waals surface area contributed by atoms with Crippen LogP contribution in [0.25, 0.3) is 0 Å². The topological polar surface area (TPSA) is 91.5 Å². The number of rotatable bonds is 5. The van der Waals surface area contributed by atoms with Crippen molar-refractivity contribution < 1.29 is 17.9 Å². The average molecular weight is 272 g/mol. The number of nitrogens with two attached hydrogens (primary N) is 1. The highest BCUT2D eigenvalue weighted by atomic mass is 32.2. The summed E-state index contributed by atoms with van der Waals surface area (Å²) in [5.74, 6) is 0.291. The second-order valence-electron chi connectivity index (χ2n) is 4.47. The van der Waals surface area contributed by atoms with Gasteiger partial charge in [0.05, 0.1) is 12.2 Å². The number of pyridine rings is 1. The summed E-state index contributed by atoms with van der Waals surface area (Å²) < 4.78 is 34.0. The highest BCUT2D eigenvalue weighted by molar-refractivity contribution is 7.89. The number of primary sulfonamides is 1. The Morgan fingerprint density at radius 2 is 2.11 bits per heavy atom. The summed E-state index contributed by atoms with van der Waals surface area (Å²) in [7, 11) is -3.85. The quantitative estimate of drug-likeness (QED) is 0.865. The molecule has 1 aliphatic rings. The lowest BCUT2D eigenvalue weighted by molar-refractivity contribution is 0.205. The zero-order valence-electron chi connectivity index (χ0n) is 10.3. The van der Waals surface area contributed by atoms with E-state index in [9.17, 15) is 8.42 Å². The second-order valence-corrected chi connectivity index (χ2v) is 6.00. The molecule has 100 valence electrons. The van der Waals surface area contributed by atoms with Crippen LogP contribution in [0.5, 0.6) is 11.6 Å². The minimum absolute atomic E-state index is 0.0317. The van der Waals surface area contributed by atoms with Gasteiger partial charge in [-0.2, -0.15) is 0 Å². The van der Waals surface area contributed by atoms with Gasteiger partial charge in [-0.25, -0.2) is 18.5 Å². The fourth-order valence-corrected chi connectivity index (χ4v) is 2.05. The van der Waals surface area contributed by atoms with E-state index in [-0.39, 0.29) is 28.7 Å². The number of sulfonamides is 1. The van der Waals surface area contributed by atoms with Gasteiger partial charge in [-0.15, -0.1) is 0 Å². The Labute approximate surface area is 106 Å². The van der Waals surface area contributed by atoms with E-state index >= 15 is 0 Å². The van der Waals surface area contributed by atoms with Gasteiger partial charge in [0.15, 0.2) is 0 Å². The summed E-state index contributed by atoms with van der Waals surface area (Å²) in [6.07, 6.45) is 3.05. The summed E-state index contributed by atoms with van der Waals surface area (Å²) in [5.41, 5.74) is 0. The monoisotopic (exact) mass is 272 g/mol. The van der Waals surface area contributed by atoms with Gasteiger partial charge < -0.3 is 9.47 Å². The zero-order valence-corrected chi connectivity index (χ0v) is 11.1. The molecule has 0 unspecified atom stereocenters. The van der Waals surface area contributed by atoms with Gasteiger partial charge in [0.2, 0.25) is 15.8 Å². The molecule has 1 aromatic heterocycles. The molecule has 1 saturated carbocycles. The fourth-order valence-electron chi connectivity index (χ4n) is 1.40. The molecule has 6 nitrogen and oxygen atoms in total. The Balaban J connectivity index is 2.44. The smallest absolute Gasteiger partial charge is 0.258 e. The molecule has 1 heterocycles. The second kappa shape index (κ2) is 4.74. The van der Waals surface area contributed by atoms with E-state index in [4.69, 9.17) is 14.6 Å². The predicted molar refractivity (Wildman–Crippen MR) is 65.0 cm³/mol. The van der Waals surface area contributed by atoms with Gasteiger partial charge in [-0.05, 0) is 32.8 Å². The Morgan fingerprint density at radius 1 is 1.44 bits per heavy atom. The highest BCUT2D eigenvalue weighted by Crippen LogP contribution is 2.37. The lowest BCUT2D eigenvalue weighted by Crippen LogP contribution is -2.17. The molecule has 0 spiro atoms. The number of ether oxygens (including phenoxy) is 2. The summed E-state index contributed by atoms with van der Waals surface area (Å²) in [5, 5.41) is 5.16. The molecule has 0 saturated heterocycles. The third kappa shape index (κ3) is 3.11.